The molecule has 5 nitrogen and oxygen atoms in total. The highest BCUT2D eigenvalue weighted by molar-refractivity contribution is 7.93. The predicted molar refractivity (Wildman–Crippen MR) is 108 cm³/mol. The molecule has 142 valence electrons. The molecule has 0 saturated carbocycles. The second kappa shape index (κ2) is 8.65. The Morgan fingerprint density at radius 3 is 2.42 bits per heavy atom. The Labute approximate surface area is 171 Å². The summed E-state index contributed by atoms with van der Waals surface area (Å²) in [4.78, 5) is 2.13. The van der Waals surface area contributed by atoms with Gasteiger partial charge in [0.1, 0.15) is 4.90 Å². The molecule has 26 heavy (non-hydrogen) atoms. The number of sulfonamides is 1. The summed E-state index contributed by atoms with van der Waals surface area (Å²) >= 11 is 19.4. The molecule has 1 aliphatic heterocycles. The Kier molecular flexibility index (Phi) is 6.72. The van der Waals surface area contributed by atoms with Crippen LogP contribution in [-0.4, -0.2) is 46.2 Å². The average Bonchev–Trinajstić information content (AvgIpc) is 2.99. The topological polar surface area (TPSA) is 58.6 Å². The molecule has 10 heteroatoms. The van der Waals surface area contributed by atoms with Crippen molar-refractivity contribution in [2.45, 2.75) is 11.3 Å². The van der Waals surface area contributed by atoms with E-state index in [-0.39, 0.29) is 20.0 Å². The first-order valence-electron chi connectivity index (χ1n) is 7.89. The Hall–Kier alpha value is -0.540. The molecular formula is C16H17Cl3N2O3S2. The summed E-state index contributed by atoms with van der Waals surface area (Å²) in [6.45, 7) is 4.09. The first kappa shape index (κ1) is 20.2. The Bertz CT molecular complexity index is 858. The van der Waals surface area contributed by atoms with E-state index in [9.17, 15) is 8.42 Å². The van der Waals surface area contributed by atoms with Gasteiger partial charge in [-0.05, 0) is 29.5 Å². The van der Waals surface area contributed by atoms with Gasteiger partial charge in [0, 0.05) is 30.0 Å². The summed E-state index contributed by atoms with van der Waals surface area (Å²) in [5.74, 6) is 0. The summed E-state index contributed by atoms with van der Waals surface area (Å²) < 4.78 is 33.5. The van der Waals surface area contributed by atoms with Crippen molar-refractivity contribution in [3.8, 4) is 0 Å². The number of morpholine rings is 1. The van der Waals surface area contributed by atoms with Crippen LogP contribution in [0.25, 0.3) is 0 Å². The zero-order valence-corrected chi connectivity index (χ0v) is 17.6. The molecule has 0 atom stereocenters. The van der Waals surface area contributed by atoms with Crippen LogP contribution in [-0.2, 0) is 21.2 Å². The van der Waals surface area contributed by atoms with Gasteiger partial charge in [0.2, 0.25) is 0 Å². The lowest BCUT2D eigenvalue weighted by Gasteiger charge is -2.26. The fraction of sp³-hybridized carbons (Fsp3) is 0.375. The summed E-state index contributed by atoms with van der Waals surface area (Å²) in [6.07, 6.45) is 0.740. The highest BCUT2D eigenvalue weighted by Gasteiger charge is 2.24. The van der Waals surface area contributed by atoms with Crippen LogP contribution in [0.1, 0.15) is 5.56 Å². The molecule has 0 aliphatic carbocycles. The number of rotatable bonds is 6. The van der Waals surface area contributed by atoms with Crippen LogP contribution in [0.3, 0.4) is 0 Å². The normalized spacial score (nSPS) is 16.0. The number of benzene rings is 1. The summed E-state index contributed by atoms with van der Waals surface area (Å²) in [6, 6.07) is 2.72. The van der Waals surface area contributed by atoms with Crippen molar-refractivity contribution >= 4 is 61.9 Å². The zero-order chi connectivity index (χ0) is 18.7. The van der Waals surface area contributed by atoms with Gasteiger partial charge in [0.15, 0.2) is 0 Å². The number of thiophene rings is 1. The third kappa shape index (κ3) is 4.84. The van der Waals surface area contributed by atoms with Gasteiger partial charge in [-0.1, -0.05) is 34.8 Å². The number of ether oxygens (including phenoxy) is 1. The van der Waals surface area contributed by atoms with Crippen molar-refractivity contribution in [2.24, 2.45) is 0 Å². The summed E-state index contributed by atoms with van der Waals surface area (Å²) in [7, 11) is -3.93. The summed E-state index contributed by atoms with van der Waals surface area (Å²) in [5, 5.41) is 3.97. The maximum absolute atomic E-state index is 12.8. The van der Waals surface area contributed by atoms with Gasteiger partial charge in [-0.3, -0.25) is 9.62 Å². The van der Waals surface area contributed by atoms with Gasteiger partial charge < -0.3 is 4.74 Å². The van der Waals surface area contributed by atoms with E-state index in [1.54, 1.807) is 5.38 Å². The van der Waals surface area contributed by atoms with Crippen molar-refractivity contribution in [1.82, 2.24) is 4.90 Å². The third-order valence-corrected chi connectivity index (χ3v) is 7.32. The zero-order valence-electron chi connectivity index (χ0n) is 13.7. The van der Waals surface area contributed by atoms with Gasteiger partial charge in [-0.2, -0.15) is 0 Å². The van der Waals surface area contributed by atoms with Crippen LogP contribution >= 0.6 is 46.1 Å². The minimum Gasteiger partial charge on any atom is -0.379 e. The second-order valence-electron chi connectivity index (χ2n) is 5.82. The highest BCUT2D eigenvalue weighted by atomic mass is 35.5. The molecule has 0 radical (unpaired) electrons. The number of halogens is 3. The monoisotopic (exact) mass is 454 g/mol. The Balaban J connectivity index is 1.76. The molecule has 0 amide bonds. The second-order valence-corrected chi connectivity index (χ2v) is 9.43. The largest absolute Gasteiger partial charge is 0.379 e. The molecule has 1 aliphatic rings. The number of nitrogens with zero attached hydrogens (tertiary/aromatic N) is 1. The molecule has 1 aromatic heterocycles. The average molecular weight is 456 g/mol. The molecule has 1 N–H and O–H groups in total. The van der Waals surface area contributed by atoms with Crippen LogP contribution < -0.4 is 4.72 Å². The van der Waals surface area contributed by atoms with E-state index < -0.39 is 10.0 Å². The molecule has 1 fully saturated rings. The quantitative estimate of drug-likeness (QED) is 0.702. The van der Waals surface area contributed by atoms with Crippen molar-refractivity contribution in [3.63, 3.8) is 0 Å². The molecule has 0 spiro atoms. The van der Waals surface area contributed by atoms with E-state index in [2.05, 4.69) is 9.62 Å². The van der Waals surface area contributed by atoms with E-state index >= 15 is 0 Å². The van der Waals surface area contributed by atoms with E-state index in [0.29, 0.717) is 5.69 Å². The first-order valence-corrected chi connectivity index (χ1v) is 11.5. The van der Waals surface area contributed by atoms with Crippen molar-refractivity contribution in [2.75, 3.05) is 37.6 Å². The SMILES string of the molecule is O=S(=O)(Nc1cscc1CCN1CCOCC1)c1c(Cl)cc(Cl)cc1Cl. The van der Waals surface area contributed by atoms with Crippen LogP contribution in [0.5, 0.6) is 0 Å². The number of anilines is 1. The number of hydrogen-bond acceptors (Lipinski definition) is 5. The van der Waals surface area contributed by atoms with Gasteiger partial charge in [-0.15, -0.1) is 11.3 Å². The van der Waals surface area contributed by atoms with Crippen molar-refractivity contribution in [3.05, 3.63) is 43.5 Å². The molecule has 1 saturated heterocycles. The fourth-order valence-electron chi connectivity index (χ4n) is 2.69. The minimum atomic E-state index is -3.93. The fourth-order valence-corrected chi connectivity index (χ4v) is 6.23. The molecule has 2 heterocycles. The molecular weight excluding hydrogens is 439 g/mol. The Morgan fingerprint density at radius 2 is 1.77 bits per heavy atom. The van der Waals surface area contributed by atoms with Crippen LogP contribution in [0.4, 0.5) is 5.69 Å². The van der Waals surface area contributed by atoms with Crippen molar-refractivity contribution < 1.29 is 13.2 Å². The van der Waals surface area contributed by atoms with Gasteiger partial charge >= 0.3 is 0 Å². The predicted octanol–water partition coefficient (Wildman–Crippen LogP) is 4.38. The first-order chi connectivity index (χ1) is 12.4. The lowest BCUT2D eigenvalue weighted by Crippen LogP contribution is -2.37. The molecule has 3 rings (SSSR count). The van der Waals surface area contributed by atoms with E-state index in [1.807, 2.05) is 5.38 Å². The minimum absolute atomic E-state index is 0.0138. The summed E-state index contributed by atoms with van der Waals surface area (Å²) in [5.41, 5.74) is 1.48. The number of nitrogens with one attached hydrogen (secondary N) is 1. The third-order valence-electron chi connectivity index (χ3n) is 4.02. The lowest BCUT2D eigenvalue weighted by atomic mass is 10.2. The van der Waals surface area contributed by atoms with Crippen molar-refractivity contribution in [1.29, 1.82) is 0 Å². The van der Waals surface area contributed by atoms with Gasteiger partial charge in [0.25, 0.3) is 10.0 Å². The standard InChI is InChI=1S/C16H17Cl3N2O3S2/c17-12-7-13(18)16(14(19)8-12)26(22,23)20-15-10-25-9-11(15)1-2-21-3-5-24-6-4-21/h7-10,20H,1-6H2. The smallest absolute Gasteiger partial charge is 0.264 e. The molecule has 0 bridgehead atoms. The van der Waals surface area contributed by atoms with E-state index in [0.717, 1.165) is 44.8 Å². The maximum atomic E-state index is 12.8. The van der Waals surface area contributed by atoms with Gasteiger partial charge in [0.05, 0.1) is 28.9 Å². The van der Waals surface area contributed by atoms with Crippen LogP contribution in [0.2, 0.25) is 15.1 Å². The van der Waals surface area contributed by atoms with Crippen LogP contribution in [0.15, 0.2) is 27.8 Å². The molecule has 0 unspecified atom stereocenters. The molecule has 1 aromatic carbocycles. The van der Waals surface area contributed by atoms with E-state index in [4.69, 9.17) is 39.5 Å². The van der Waals surface area contributed by atoms with Crippen LogP contribution in [0, 0.1) is 0 Å². The van der Waals surface area contributed by atoms with Gasteiger partial charge in [-0.25, -0.2) is 8.42 Å². The Morgan fingerprint density at radius 1 is 1.12 bits per heavy atom. The van der Waals surface area contributed by atoms with E-state index in [1.165, 1.54) is 23.5 Å². The number of hydrogen-bond donors (Lipinski definition) is 1. The lowest BCUT2D eigenvalue weighted by molar-refractivity contribution is 0.0385. The molecule has 2 aromatic rings. The maximum Gasteiger partial charge on any atom is 0.264 e. The highest BCUT2D eigenvalue weighted by Crippen LogP contribution is 2.34.